The van der Waals surface area contributed by atoms with Gasteiger partial charge < -0.3 is 24.8 Å². The fourth-order valence-corrected chi connectivity index (χ4v) is 3.52. The predicted octanol–water partition coefficient (Wildman–Crippen LogP) is 3.95. The zero-order valence-corrected chi connectivity index (χ0v) is 19.7. The minimum atomic E-state index is 0. The number of methoxy groups -OCH3 is 3. The Labute approximate surface area is 186 Å². The van der Waals surface area contributed by atoms with Gasteiger partial charge in [0.25, 0.3) is 0 Å². The Morgan fingerprint density at radius 1 is 1.07 bits per heavy atom. The van der Waals surface area contributed by atoms with E-state index in [0.717, 1.165) is 28.8 Å². The molecule has 150 valence electrons. The van der Waals surface area contributed by atoms with Gasteiger partial charge in [-0.25, -0.2) is 0 Å². The number of halogens is 2. The van der Waals surface area contributed by atoms with Gasteiger partial charge in [0.2, 0.25) is 5.75 Å². The molecule has 27 heavy (non-hydrogen) atoms. The van der Waals surface area contributed by atoms with E-state index in [0.29, 0.717) is 23.8 Å². The van der Waals surface area contributed by atoms with Crippen LogP contribution in [0.15, 0.2) is 29.3 Å². The Hall–Kier alpha value is -1.39. The number of nitrogens with one attached hydrogen (secondary N) is 2. The van der Waals surface area contributed by atoms with Gasteiger partial charge in [-0.05, 0) is 36.2 Å². The second-order valence-corrected chi connectivity index (χ2v) is 7.14. The molecule has 6 nitrogen and oxygen atoms in total. The smallest absolute Gasteiger partial charge is 0.203 e. The summed E-state index contributed by atoms with van der Waals surface area (Å²) in [5.74, 6) is 2.56. The van der Waals surface area contributed by atoms with Crippen molar-refractivity contribution in [3.63, 3.8) is 0 Å². The number of rotatable bonds is 8. The van der Waals surface area contributed by atoms with Crippen LogP contribution in [-0.2, 0) is 13.0 Å². The van der Waals surface area contributed by atoms with E-state index >= 15 is 0 Å². The number of aliphatic imine (C=N–C) groups is 1. The van der Waals surface area contributed by atoms with Gasteiger partial charge in [0, 0.05) is 25.0 Å². The summed E-state index contributed by atoms with van der Waals surface area (Å²) in [6.45, 7) is 1.34. The van der Waals surface area contributed by atoms with Crippen LogP contribution in [0.5, 0.6) is 17.2 Å². The van der Waals surface area contributed by atoms with E-state index in [2.05, 4.69) is 15.6 Å². The second kappa shape index (κ2) is 12.1. The quantitative estimate of drug-likeness (QED) is 0.310. The van der Waals surface area contributed by atoms with Crippen LogP contribution in [0.3, 0.4) is 0 Å². The van der Waals surface area contributed by atoms with E-state index < -0.39 is 0 Å². The Kier molecular flexibility index (Phi) is 10.6. The minimum Gasteiger partial charge on any atom is -0.493 e. The molecule has 0 saturated carbocycles. The van der Waals surface area contributed by atoms with Crippen molar-refractivity contribution in [1.29, 1.82) is 0 Å². The lowest BCUT2D eigenvalue weighted by Gasteiger charge is -2.15. The van der Waals surface area contributed by atoms with Gasteiger partial charge in [-0.2, -0.15) is 0 Å². The summed E-state index contributed by atoms with van der Waals surface area (Å²) in [4.78, 5) is 5.48. The van der Waals surface area contributed by atoms with Crippen LogP contribution in [0.25, 0.3) is 0 Å². The van der Waals surface area contributed by atoms with Crippen molar-refractivity contribution in [3.8, 4) is 17.2 Å². The molecule has 1 aromatic carbocycles. The SMILES string of the molecule is CN=C(NCCc1ccc(Cl)s1)NCc1cc(OC)c(OC)c(OC)c1.I. The van der Waals surface area contributed by atoms with Gasteiger partial charge in [-0.1, -0.05) is 11.6 Å². The highest BCUT2D eigenvalue weighted by atomic mass is 127. The molecule has 0 spiro atoms. The Balaban J connectivity index is 0.00000364. The average molecular weight is 526 g/mol. The molecule has 2 rings (SSSR count). The molecule has 1 aromatic heterocycles. The van der Waals surface area contributed by atoms with Crippen LogP contribution in [-0.4, -0.2) is 40.9 Å². The first-order chi connectivity index (χ1) is 12.6. The van der Waals surface area contributed by atoms with Gasteiger partial charge in [0.05, 0.1) is 25.7 Å². The van der Waals surface area contributed by atoms with Crippen molar-refractivity contribution in [2.75, 3.05) is 34.9 Å². The van der Waals surface area contributed by atoms with Crippen LogP contribution in [0.1, 0.15) is 10.4 Å². The fraction of sp³-hybridized carbons (Fsp3) is 0.389. The van der Waals surface area contributed by atoms with Crippen molar-refractivity contribution in [2.24, 2.45) is 4.99 Å². The van der Waals surface area contributed by atoms with Gasteiger partial charge in [-0.15, -0.1) is 35.3 Å². The molecule has 2 aromatic rings. The molecule has 0 saturated heterocycles. The fourth-order valence-electron chi connectivity index (χ4n) is 2.43. The van der Waals surface area contributed by atoms with E-state index in [1.807, 2.05) is 24.3 Å². The molecule has 0 fully saturated rings. The zero-order chi connectivity index (χ0) is 18.9. The highest BCUT2D eigenvalue weighted by Gasteiger charge is 2.13. The normalized spacial score (nSPS) is 10.8. The molecule has 1 heterocycles. The molecule has 2 N–H and O–H groups in total. The third-order valence-corrected chi connectivity index (χ3v) is 4.99. The lowest BCUT2D eigenvalue weighted by molar-refractivity contribution is 0.323. The first-order valence-electron chi connectivity index (χ1n) is 8.08. The second-order valence-electron chi connectivity index (χ2n) is 5.34. The summed E-state index contributed by atoms with van der Waals surface area (Å²) in [7, 11) is 6.54. The van der Waals surface area contributed by atoms with Crippen molar-refractivity contribution >= 4 is 52.9 Å². The van der Waals surface area contributed by atoms with E-state index in [1.54, 1.807) is 39.7 Å². The highest BCUT2D eigenvalue weighted by Crippen LogP contribution is 2.38. The summed E-state index contributed by atoms with van der Waals surface area (Å²) in [6, 6.07) is 7.78. The van der Waals surface area contributed by atoms with Crippen molar-refractivity contribution in [3.05, 3.63) is 39.0 Å². The third kappa shape index (κ3) is 6.93. The summed E-state index contributed by atoms with van der Waals surface area (Å²) < 4.78 is 16.9. The maximum absolute atomic E-state index is 5.95. The standard InChI is InChI=1S/C18H24ClN3O3S.HI/c1-20-18(21-8-7-13-5-6-16(19)26-13)22-11-12-9-14(23-2)17(25-4)15(10-12)24-3;/h5-6,9-10H,7-8,11H2,1-4H3,(H2,20,21,22);1H. The Morgan fingerprint density at radius 2 is 1.74 bits per heavy atom. The van der Waals surface area contributed by atoms with Crippen LogP contribution < -0.4 is 24.8 Å². The van der Waals surface area contributed by atoms with Gasteiger partial charge in [-0.3, -0.25) is 4.99 Å². The van der Waals surface area contributed by atoms with Crippen LogP contribution >= 0.6 is 46.9 Å². The molecule has 0 bridgehead atoms. The maximum Gasteiger partial charge on any atom is 0.203 e. The highest BCUT2D eigenvalue weighted by molar-refractivity contribution is 14.0. The molecule has 0 atom stereocenters. The minimum absolute atomic E-state index is 0. The molecule has 0 amide bonds. The Bertz CT molecular complexity index is 730. The van der Waals surface area contributed by atoms with Crippen LogP contribution in [0, 0.1) is 0 Å². The monoisotopic (exact) mass is 525 g/mol. The number of hydrogen-bond acceptors (Lipinski definition) is 5. The van der Waals surface area contributed by atoms with Crippen molar-refractivity contribution < 1.29 is 14.2 Å². The lowest BCUT2D eigenvalue weighted by Crippen LogP contribution is -2.37. The first kappa shape index (κ1) is 23.6. The summed E-state index contributed by atoms with van der Waals surface area (Å²) in [5.41, 5.74) is 0.993. The first-order valence-corrected chi connectivity index (χ1v) is 9.28. The lowest BCUT2D eigenvalue weighted by atomic mass is 10.2. The summed E-state index contributed by atoms with van der Waals surface area (Å²) in [5, 5.41) is 6.57. The summed E-state index contributed by atoms with van der Waals surface area (Å²) >= 11 is 7.54. The molecular formula is C18H25ClIN3O3S. The molecule has 0 aliphatic rings. The van der Waals surface area contributed by atoms with Crippen molar-refractivity contribution in [2.45, 2.75) is 13.0 Å². The van der Waals surface area contributed by atoms with Gasteiger partial charge >= 0.3 is 0 Å². The molecular weight excluding hydrogens is 501 g/mol. The van der Waals surface area contributed by atoms with Gasteiger partial charge in [0.1, 0.15) is 0 Å². The van der Waals surface area contributed by atoms with Crippen LogP contribution in [0.4, 0.5) is 0 Å². The Morgan fingerprint density at radius 3 is 2.22 bits per heavy atom. The number of hydrogen-bond donors (Lipinski definition) is 2. The molecule has 0 aliphatic heterocycles. The topological polar surface area (TPSA) is 64.1 Å². The third-order valence-electron chi connectivity index (χ3n) is 3.70. The molecule has 9 heteroatoms. The van der Waals surface area contributed by atoms with E-state index in [9.17, 15) is 0 Å². The number of benzene rings is 1. The number of nitrogens with zero attached hydrogens (tertiary/aromatic N) is 1. The largest absolute Gasteiger partial charge is 0.493 e. The average Bonchev–Trinajstić information content (AvgIpc) is 3.08. The molecule has 0 unspecified atom stereocenters. The number of guanidine groups is 1. The van der Waals surface area contributed by atoms with E-state index in [-0.39, 0.29) is 24.0 Å². The number of ether oxygens (including phenoxy) is 3. The van der Waals surface area contributed by atoms with Crippen LogP contribution in [0.2, 0.25) is 4.34 Å². The molecule has 0 aliphatic carbocycles. The predicted molar refractivity (Wildman–Crippen MR) is 123 cm³/mol. The van der Waals surface area contributed by atoms with E-state index in [4.69, 9.17) is 25.8 Å². The summed E-state index contributed by atoms with van der Waals surface area (Å²) in [6.07, 6.45) is 0.891. The molecule has 0 radical (unpaired) electrons. The van der Waals surface area contributed by atoms with Gasteiger partial charge in [0.15, 0.2) is 17.5 Å². The zero-order valence-electron chi connectivity index (χ0n) is 15.8. The number of thiophene rings is 1. The van der Waals surface area contributed by atoms with E-state index in [1.165, 1.54) is 4.88 Å². The van der Waals surface area contributed by atoms with Crippen molar-refractivity contribution in [1.82, 2.24) is 10.6 Å². The maximum atomic E-state index is 5.95.